The molecular weight excluding hydrogens is 356 g/mol. The minimum absolute atomic E-state index is 0. The topological polar surface area (TPSA) is 89.3 Å². The summed E-state index contributed by atoms with van der Waals surface area (Å²) in [6, 6.07) is 3.45. The Bertz CT molecular complexity index is 576. The van der Waals surface area contributed by atoms with Gasteiger partial charge in [-0.2, -0.15) is 0 Å². The molecule has 0 radical (unpaired) electrons. The Labute approximate surface area is 127 Å². The molecule has 1 aromatic carbocycles. The van der Waals surface area contributed by atoms with E-state index in [4.69, 9.17) is 5.73 Å². The number of nitrogens with one attached hydrogen (secondary N) is 1. The molecule has 8 heteroatoms. The largest absolute Gasteiger partial charge is 0.397 e. The van der Waals surface area contributed by atoms with Gasteiger partial charge in [0.1, 0.15) is 5.75 Å². The van der Waals surface area contributed by atoms with Crippen LogP contribution in [0.4, 0.5) is 11.4 Å². The van der Waals surface area contributed by atoms with Crippen LogP contribution in [0.25, 0.3) is 0 Å². The van der Waals surface area contributed by atoms with Crippen LogP contribution in [-0.2, 0) is 14.6 Å². The first-order chi connectivity index (χ1) is 8.25. The molecule has 108 valence electrons. The lowest BCUT2D eigenvalue weighted by Gasteiger charge is -2.11. The zero-order valence-corrected chi connectivity index (χ0v) is 13.8. The van der Waals surface area contributed by atoms with Gasteiger partial charge in [0.2, 0.25) is 5.91 Å². The molecular formula is C11H16BrClN2O3S. The third-order valence-electron chi connectivity index (χ3n) is 2.42. The van der Waals surface area contributed by atoms with Crippen molar-refractivity contribution < 1.29 is 13.2 Å². The van der Waals surface area contributed by atoms with E-state index in [1.54, 1.807) is 13.0 Å². The van der Waals surface area contributed by atoms with Crippen LogP contribution >= 0.6 is 28.3 Å². The van der Waals surface area contributed by atoms with Crippen molar-refractivity contribution in [3.05, 3.63) is 22.2 Å². The zero-order valence-electron chi connectivity index (χ0n) is 10.6. The number of carbonyl (C=O) groups excluding carboxylic acids is 1. The first kappa shape index (κ1) is 18.2. The fourth-order valence-corrected chi connectivity index (χ4v) is 2.59. The van der Waals surface area contributed by atoms with Crippen LogP contribution in [0.15, 0.2) is 16.6 Å². The Balaban J connectivity index is 0.00000324. The number of nitrogens with two attached hydrogens (primary N) is 1. The molecule has 0 unspecified atom stereocenters. The van der Waals surface area contributed by atoms with Gasteiger partial charge < -0.3 is 11.1 Å². The highest BCUT2D eigenvalue weighted by molar-refractivity contribution is 9.10. The Morgan fingerprint density at radius 1 is 1.42 bits per heavy atom. The normalized spacial score (nSPS) is 10.7. The van der Waals surface area contributed by atoms with Gasteiger partial charge in [0.25, 0.3) is 0 Å². The summed E-state index contributed by atoms with van der Waals surface area (Å²) < 4.78 is 23.4. The summed E-state index contributed by atoms with van der Waals surface area (Å²) in [4.78, 5) is 11.6. The Hall–Kier alpha value is -0.790. The molecule has 0 aliphatic carbocycles. The van der Waals surface area contributed by atoms with E-state index in [1.165, 1.54) is 6.92 Å². The van der Waals surface area contributed by atoms with E-state index in [0.29, 0.717) is 11.4 Å². The standard InChI is InChI=1S/C11H15BrN2O3S.ClH/c1-3-18(16,17)6-10(15)14-9-5-8(12)4-7(2)11(9)13;/h4-5H,3,6,13H2,1-2H3,(H,14,15);1H. The van der Waals surface area contributed by atoms with Crippen molar-refractivity contribution in [3.8, 4) is 0 Å². The zero-order chi connectivity index (χ0) is 13.9. The van der Waals surface area contributed by atoms with Crippen LogP contribution in [0.1, 0.15) is 12.5 Å². The fourth-order valence-electron chi connectivity index (χ4n) is 1.35. The highest BCUT2D eigenvalue weighted by Crippen LogP contribution is 2.27. The van der Waals surface area contributed by atoms with Gasteiger partial charge in [0.05, 0.1) is 11.4 Å². The van der Waals surface area contributed by atoms with Crippen molar-refractivity contribution in [1.29, 1.82) is 0 Å². The SMILES string of the molecule is CCS(=O)(=O)CC(=O)Nc1cc(Br)cc(C)c1N.Cl. The van der Waals surface area contributed by atoms with Gasteiger partial charge in [-0.3, -0.25) is 4.79 Å². The van der Waals surface area contributed by atoms with Crippen molar-refractivity contribution >= 4 is 55.5 Å². The number of anilines is 2. The number of halogens is 2. The summed E-state index contributed by atoms with van der Waals surface area (Å²) in [6.07, 6.45) is 0. The van der Waals surface area contributed by atoms with E-state index in [9.17, 15) is 13.2 Å². The Kier molecular flexibility index (Phi) is 6.82. The highest BCUT2D eigenvalue weighted by Gasteiger charge is 2.15. The van der Waals surface area contributed by atoms with Crippen molar-refractivity contribution in [2.45, 2.75) is 13.8 Å². The quantitative estimate of drug-likeness (QED) is 0.794. The second-order valence-corrected chi connectivity index (χ2v) is 7.18. The van der Waals surface area contributed by atoms with E-state index in [-0.39, 0.29) is 18.2 Å². The maximum Gasteiger partial charge on any atom is 0.239 e. The van der Waals surface area contributed by atoms with Crippen molar-refractivity contribution in [1.82, 2.24) is 0 Å². The summed E-state index contributed by atoms with van der Waals surface area (Å²) >= 11 is 3.29. The maximum absolute atomic E-state index is 11.6. The lowest BCUT2D eigenvalue weighted by atomic mass is 10.2. The average Bonchev–Trinajstić information content (AvgIpc) is 2.24. The predicted octanol–water partition coefficient (Wildman–Crippen LogP) is 2.13. The molecule has 1 amide bonds. The van der Waals surface area contributed by atoms with Crippen LogP contribution in [0, 0.1) is 6.92 Å². The average molecular weight is 372 g/mol. The maximum atomic E-state index is 11.6. The molecule has 3 N–H and O–H groups in total. The molecule has 0 fully saturated rings. The lowest BCUT2D eigenvalue weighted by Crippen LogP contribution is -2.24. The molecule has 0 spiro atoms. The number of hydrogen-bond acceptors (Lipinski definition) is 4. The highest BCUT2D eigenvalue weighted by atomic mass is 79.9. The van der Waals surface area contributed by atoms with Gasteiger partial charge in [-0.1, -0.05) is 22.9 Å². The van der Waals surface area contributed by atoms with Crippen molar-refractivity contribution in [2.75, 3.05) is 22.6 Å². The number of amides is 1. The summed E-state index contributed by atoms with van der Waals surface area (Å²) in [5.74, 6) is -1.18. The van der Waals surface area contributed by atoms with Crippen LogP contribution in [0.5, 0.6) is 0 Å². The van der Waals surface area contributed by atoms with Gasteiger partial charge in [-0.25, -0.2) is 8.42 Å². The second kappa shape index (κ2) is 7.12. The molecule has 1 aromatic rings. The molecule has 0 bridgehead atoms. The number of hydrogen-bond donors (Lipinski definition) is 2. The molecule has 0 saturated heterocycles. The minimum Gasteiger partial charge on any atom is -0.397 e. The van der Waals surface area contributed by atoms with Crippen molar-refractivity contribution in [2.24, 2.45) is 0 Å². The Morgan fingerprint density at radius 3 is 2.53 bits per heavy atom. The molecule has 0 aromatic heterocycles. The summed E-state index contributed by atoms with van der Waals surface area (Å²) in [5, 5.41) is 2.51. The number of benzene rings is 1. The number of aryl methyl sites for hydroxylation is 1. The second-order valence-electron chi connectivity index (χ2n) is 3.91. The van der Waals surface area contributed by atoms with Gasteiger partial charge in [0.15, 0.2) is 9.84 Å². The Morgan fingerprint density at radius 2 is 2.00 bits per heavy atom. The van der Waals surface area contributed by atoms with Gasteiger partial charge in [-0.15, -0.1) is 12.4 Å². The molecule has 19 heavy (non-hydrogen) atoms. The van der Waals surface area contributed by atoms with E-state index in [0.717, 1.165) is 10.0 Å². The van der Waals surface area contributed by atoms with Gasteiger partial charge in [-0.05, 0) is 24.6 Å². The van der Waals surface area contributed by atoms with Gasteiger partial charge in [0, 0.05) is 10.2 Å². The van der Waals surface area contributed by atoms with Crippen LogP contribution < -0.4 is 11.1 Å². The number of sulfone groups is 1. The number of nitrogen functional groups attached to an aromatic ring is 1. The fraction of sp³-hybridized carbons (Fsp3) is 0.364. The van der Waals surface area contributed by atoms with E-state index in [2.05, 4.69) is 21.2 Å². The smallest absolute Gasteiger partial charge is 0.239 e. The molecule has 5 nitrogen and oxygen atoms in total. The van der Waals surface area contributed by atoms with Gasteiger partial charge >= 0.3 is 0 Å². The van der Waals surface area contributed by atoms with Crippen molar-refractivity contribution in [3.63, 3.8) is 0 Å². The van der Waals surface area contributed by atoms with Crippen LogP contribution in [-0.4, -0.2) is 25.8 Å². The number of rotatable bonds is 4. The van der Waals surface area contributed by atoms with E-state index >= 15 is 0 Å². The lowest BCUT2D eigenvalue weighted by molar-refractivity contribution is -0.113. The molecule has 0 atom stereocenters. The first-order valence-corrected chi connectivity index (χ1v) is 7.92. The molecule has 0 aliphatic heterocycles. The molecule has 1 rings (SSSR count). The minimum atomic E-state index is -3.34. The van der Waals surface area contributed by atoms with Crippen LogP contribution in [0.3, 0.4) is 0 Å². The van der Waals surface area contributed by atoms with Crippen LogP contribution in [0.2, 0.25) is 0 Å². The monoisotopic (exact) mass is 370 g/mol. The molecule has 0 aliphatic rings. The predicted molar refractivity (Wildman–Crippen MR) is 83.5 cm³/mol. The third-order valence-corrected chi connectivity index (χ3v) is 4.46. The molecule has 0 saturated carbocycles. The third kappa shape index (κ3) is 5.38. The summed E-state index contributed by atoms with van der Waals surface area (Å²) in [6.45, 7) is 3.30. The number of carbonyl (C=O) groups is 1. The first-order valence-electron chi connectivity index (χ1n) is 5.31. The molecule has 0 heterocycles. The van der Waals surface area contributed by atoms with E-state index < -0.39 is 21.5 Å². The summed E-state index contributed by atoms with van der Waals surface area (Å²) in [5.41, 5.74) is 7.46. The summed E-state index contributed by atoms with van der Waals surface area (Å²) in [7, 11) is -3.34. The van der Waals surface area contributed by atoms with E-state index in [1.807, 2.05) is 6.07 Å².